The van der Waals surface area contributed by atoms with Gasteiger partial charge in [-0.2, -0.15) is 8.78 Å². The number of carbonyl (C=O) groups excluding carboxylic acids is 1. The van der Waals surface area contributed by atoms with Gasteiger partial charge in [0.15, 0.2) is 0 Å². The number of halogens is 2. The molecule has 0 amide bonds. The number of hydrogen-bond donors (Lipinski definition) is 1. The lowest BCUT2D eigenvalue weighted by Gasteiger charge is -2.20. The molecule has 94 valence electrons. The molecule has 0 saturated heterocycles. The van der Waals surface area contributed by atoms with E-state index in [1.165, 1.54) is 0 Å². The summed E-state index contributed by atoms with van der Waals surface area (Å²) in [5, 5.41) is 9.25. The van der Waals surface area contributed by atoms with Crippen molar-refractivity contribution < 1.29 is 18.7 Å². The highest BCUT2D eigenvalue weighted by molar-refractivity contribution is 5.88. The van der Waals surface area contributed by atoms with Crippen LogP contribution >= 0.6 is 0 Å². The Morgan fingerprint density at radius 2 is 1.94 bits per heavy atom. The van der Waals surface area contributed by atoms with E-state index >= 15 is 0 Å². The molecule has 0 heterocycles. The Labute approximate surface area is 99.3 Å². The van der Waals surface area contributed by atoms with Crippen LogP contribution < -0.4 is 0 Å². The molecule has 1 unspecified atom stereocenters. The fraction of sp³-hybridized carbons (Fsp3) is 0.462. The third kappa shape index (κ3) is 3.60. The van der Waals surface area contributed by atoms with Gasteiger partial charge in [-0.1, -0.05) is 43.7 Å². The number of alkyl halides is 2. The molecule has 17 heavy (non-hydrogen) atoms. The van der Waals surface area contributed by atoms with Gasteiger partial charge in [0.25, 0.3) is 0 Å². The average molecular weight is 242 g/mol. The number of benzene rings is 1. The number of rotatable bonds is 6. The first kappa shape index (κ1) is 13.8. The fourth-order valence-corrected chi connectivity index (χ4v) is 1.54. The molecule has 0 spiro atoms. The first-order valence-electron chi connectivity index (χ1n) is 5.61. The van der Waals surface area contributed by atoms with Crippen molar-refractivity contribution in [3.8, 4) is 0 Å². The first-order chi connectivity index (χ1) is 7.98. The van der Waals surface area contributed by atoms with E-state index in [-0.39, 0.29) is 12.8 Å². The van der Waals surface area contributed by atoms with Crippen LogP contribution in [0.4, 0.5) is 8.78 Å². The molecule has 0 aliphatic carbocycles. The largest absolute Gasteiger partial charge is 0.386 e. The van der Waals surface area contributed by atoms with E-state index in [2.05, 4.69) is 0 Å². The summed E-state index contributed by atoms with van der Waals surface area (Å²) in [5.41, 5.74) is 0.529. The van der Waals surface area contributed by atoms with E-state index in [9.17, 15) is 18.7 Å². The maximum Gasteiger partial charge on any atom is 0.330 e. The van der Waals surface area contributed by atoms with Gasteiger partial charge in [-0.05, 0) is 12.0 Å². The van der Waals surface area contributed by atoms with Crippen molar-refractivity contribution in [1.29, 1.82) is 0 Å². The van der Waals surface area contributed by atoms with E-state index in [1.54, 1.807) is 37.3 Å². The lowest BCUT2D eigenvalue weighted by atomic mass is 9.99. The van der Waals surface area contributed by atoms with Gasteiger partial charge in [-0.3, -0.25) is 4.79 Å². The summed E-state index contributed by atoms with van der Waals surface area (Å²) in [6, 6.07) is 8.34. The molecule has 1 atom stereocenters. The smallest absolute Gasteiger partial charge is 0.330 e. The third-order valence-electron chi connectivity index (χ3n) is 2.56. The Morgan fingerprint density at radius 3 is 2.47 bits per heavy atom. The van der Waals surface area contributed by atoms with Crippen LogP contribution in [-0.4, -0.2) is 22.9 Å². The van der Waals surface area contributed by atoms with Gasteiger partial charge in [0.2, 0.25) is 5.78 Å². The molecule has 0 saturated carbocycles. The van der Waals surface area contributed by atoms with Gasteiger partial charge in [-0.25, -0.2) is 0 Å². The average Bonchev–Trinajstić information content (AvgIpc) is 2.30. The Morgan fingerprint density at radius 1 is 1.35 bits per heavy atom. The van der Waals surface area contributed by atoms with Crippen molar-refractivity contribution in [1.82, 2.24) is 0 Å². The summed E-state index contributed by atoms with van der Waals surface area (Å²) in [5.74, 6) is -4.89. The van der Waals surface area contributed by atoms with Crippen LogP contribution in [0.2, 0.25) is 0 Å². The summed E-state index contributed by atoms with van der Waals surface area (Å²) < 4.78 is 27.0. The molecule has 0 aromatic heterocycles. The Bertz CT molecular complexity index is 363. The number of carbonyl (C=O) groups is 1. The van der Waals surface area contributed by atoms with E-state index in [1.807, 2.05) is 0 Å². The van der Waals surface area contributed by atoms with Crippen LogP contribution in [-0.2, 0) is 11.2 Å². The number of aliphatic hydroxyl groups excluding tert-OH is 1. The van der Waals surface area contributed by atoms with Gasteiger partial charge >= 0.3 is 5.92 Å². The lowest BCUT2D eigenvalue weighted by Crippen LogP contribution is -2.42. The summed E-state index contributed by atoms with van der Waals surface area (Å²) in [6.45, 7) is 1.68. The van der Waals surface area contributed by atoms with Crippen molar-refractivity contribution in [2.24, 2.45) is 0 Å². The van der Waals surface area contributed by atoms with Crippen molar-refractivity contribution in [2.45, 2.75) is 38.2 Å². The van der Waals surface area contributed by atoms with Crippen LogP contribution in [0.15, 0.2) is 30.3 Å². The maximum absolute atomic E-state index is 13.5. The number of aliphatic hydroxyl groups is 1. The molecule has 0 radical (unpaired) electrons. The standard InChI is InChI=1S/C13H16F2O2/c1-2-6-11(16)13(14,15)12(17)9-10-7-4-3-5-8-10/h3-5,7-8,11,16H,2,6,9H2,1H3. The quantitative estimate of drug-likeness (QED) is 0.832. The van der Waals surface area contributed by atoms with Crippen molar-refractivity contribution in [3.05, 3.63) is 35.9 Å². The topological polar surface area (TPSA) is 37.3 Å². The second-order valence-electron chi connectivity index (χ2n) is 4.01. The third-order valence-corrected chi connectivity index (χ3v) is 2.56. The molecule has 1 aromatic rings. The molecule has 1 N–H and O–H groups in total. The minimum absolute atomic E-state index is 0.0759. The predicted molar refractivity (Wildman–Crippen MR) is 61.0 cm³/mol. The van der Waals surface area contributed by atoms with Gasteiger partial charge in [0, 0.05) is 6.42 Å². The lowest BCUT2D eigenvalue weighted by molar-refractivity contribution is -0.160. The van der Waals surface area contributed by atoms with E-state index in [4.69, 9.17) is 0 Å². The number of hydrogen-bond acceptors (Lipinski definition) is 2. The minimum atomic E-state index is -3.66. The van der Waals surface area contributed by atoms with Gasteiger partial charge in [-0.15, -0.1) is 0 Å². The maximum atomic E-state index is 13.5. The molecule has 2 nitrogen and oxygen atoms in total. The van der Waals surface area contributed by atoms with Crippen molar-refractivity contribution in [2.75, 3.05) is 0 Å². The van der Waals surface area contributed by atoms with Gasteiger partial charge in [0.05, 0.1) is 0 Å². The molecule has 0 aliphatic rings. The molecular weight excluding hydrogens is 226 g/mol. The predicted octanol–water partition coefficient (Wildman–Crippen LogP) is 2.59. The zero-order chi connectivity index (χ0) is 12.9. The normalized spacial score (nSPS) is 13.4. The zero-order valence-corrected chi connectivity index (χ0v) is 9.70. The summed E-state index contributed by atoms with van der Waals surface area (Å²) in [4.78, 5) is 11.4. The van der Waals surface area contributed by atoms with Crippen LogP contribution in [0.25, 0.3) is 0 Å². The van der Waals surface area contributed by atoms with E-state index in [0.717, 1.165) is 0 Å². The highest BCUT2D eigenvalue weighted by Gasteiger charge is 2.44. The summed E-state index contributed by atoms with van der Waals surface area (Å²) >= 11 is 0. The Balaban J connectivity index is 2.69. The monoisotopic (exact) mass is 242 g/mol. The van der Waals surface area contributed by atoms with E-state index < -0.39 is 17.8 Å². The highest BCUT2D eigenvalue weighted by Crippen LogP contribution is 2.24. The molecule has 0 bridgehead atoms. The summed E-state index contributed by atoms with van der Waals surface area (Å²) in [7, 11) is 0. The molecule has 0 aliphatic heterocycles. The number of ketones is 1. The van der Waals surface area contributed by atoms with Gasteiger partial charge in [0.1, 0.15) is 6.10 Å². The summed E-state index contributed by atoms with van der Waals surface area (Å²) in [6.07, 6.45) is -1.90. The molecule has 0 fully saturated rings. The Kier molecular flexibility index (Phi) is 4.75. The van der Waals surface area contributed by atoms with Crippen LogP contribution in [0, 0.1) is 0 Å². The number of Topliss-reactive ketones (excluding diaryl/α,β-unsaturated/α-hetero) is 1. The minimum Gasteiger partial charge on any atom is -0.386 e. The second-order valence-corrected chi connectivity index (χ2v) is 4.01. The SMILES string of the molecule is CCCC(O)C(F)(F)C(=O)Cc1ccccc1. The first-order valence-corrected chi connectivity index (χ1v) is 5.61. The molecule has 4 heteroatoms. The van der Waals surface area contributed by atoms with E-state index in [0.29, 0.717) is 12.0 Å². The second kappa shape index (κ2) is 5.87. The zero-order valence-electron chi connectivity index (χ0n) is 9.70. The highest BCUT2D eigenvalue weighted by atomic mass is 19.3. The Hall–Kier alpha value is -1.29. The van der Waals surface area contributed by atoms with Crippen molar-refractivity contribution in [3.63, 3.8) is 0 Å². The van der Waals surface area contributed by atoms with Gasteiger partial charge < -0.3 is 5.11 Å². The molecule has 1 rings (SSSR count). The molecular formula is C13H16F2O2. The fourth-order valence-electron chi connectivity index (χ4n) is 1.54. The molecule has 1 aromatic carbocycles. The van der Waals surface area contributed by atoms with Crippen LogP contribution in [0.3, 0.4) is 0 Å². The van der Waals surface area contributed by atoms with Crippen LogP contribution in [0.5, 0.6) is 0 Å². The van der Waals surface area contributed by atoms with Crippen molar-refractivity contribution >= 4 is 5.78 Å². The van der Waals surface area contributed by atoms with Crippen LogP contribution in [0.1, 0.15) is 25.3 Å².